The van der Waals surface area contributed by atoms with E-state index in [-0.39, 0.29) is 0 Å². The van der Waals surface area contributed by atoms with Gasteiger partial charge in [0.15, 0.2) is 0 Å². The molecule has 0 saturated heterocycles. The molecule has 0 aliphatic rings. The second-order valence-electron chi connectivity index (χ2n) is 10.1. The van der Waals surface area contributed by atoms with Crippen LogP contribution < -0.4 is 20.7 Å². The lowest BCUT2D eigenvalue weighted by Gasteiger charge is -2.27. The number of benzene rings is 5. The molecule has 200 valence electrons. The first-order valence-electron chi connectivity index (χ1n) is 14.4. The first-order valence-corrected chi connectivity index (χ1v) is 16.3. The molecule has 0 atom stereocenters. The zero-order valence-corrected chi connectivity index (χ0v) is 24.0. The fraction of sp³-hybridized carbons (Fsp3) is 0.158. The third kappa shape index (κ3) is 7.17. The Labute approximate surface area is 240 Å². The van der Waals surface area contributed by atoms with Crippen LogP contribution >= 0.6 is 7.26 Å². The van der Waals surface area contributed by atoms with Crippen LogP contribution in [0.1, 0.15) is 36.8 Å². The van der Waals surface area contributed by atoms with Crippen molar-refractivity contribution >= 4 is 35.3 Å². The van der Waals surface area contributed by atoms with E-state index in [0.29, 0.717) is 0 Å². The second kappa shape index (κ2) is 14.5. The van der Waals surface area contributed by atoms with Crippen molar-refractivity contribution in [1.29, 1.82) is 0 Å². The summed E-state index contributed by atoms with van der Waals surface area (Å²) in [5.41, 5.74) is 2.39. The number of hydrogen-bond donors (Lipinski definition) is 0. The van der Waals surface area contributed by atoms with E-state index in [1.165, 1.54) is 52.5 Å². The summed E-state index contributed by atoms with van der Waals surface area (Å²) in [7, 11) is -1.72. The smallest absolute Gasteiger partial charge is 0.119 e. The highest BCUT2D eigenvalue weighted by Gasteiger charge is 2.44. The van der Waals surface area contributed by atoms with Gasteiger partial charge in [0.05, 0.1) is 12.8 Å². The average Bonchev–Trinajstić information content (AvgIpc) is 3.04. The summed E-state index contributed by atoms with van der Waals surface area (Å²) < 4.78 is 6.06. The molecule has 5 aromatic rings. The molecule has 2 heteroatoms. The van der Waals surface area contributed by atoms with Crippen molar-refractivity contribution in [1.82, 2.24) is 0 Å². The van der Waals surface area contributed by atoms with Gasteiger partial charge in [-0.15, -0.1) is 0 Å². The number of ether oxygens (including phenoxy) is 1. The Hall–Kier alpha value is -3.93. The van der Waals surface area contributed by atoms with Crippen LogP contribution in [0.15, 0.2) is 146 Å². The van der Waals surface area contributed by atoms with Crippen molar-refractivity contribution in [2.75, 3.05) is 12.8 Å². The highest BCUT2D eigenvalue weighted by molar-refractivity contribution is 7.95. The van der Waals surface area contributed by atoms with Gasteiger partial charge in [0, 0.05) is 0 Å². The molecule has 0 aromatic heterocycles. The maximum Gasteiger partial charge on any atom is 0.119 e. The Balaban J connectivity index is 1.15. The molecular weight excluding hydrogens is 503 g/mol. The van der Waals surface area contributed by atoms with Gasteiger partial charge in [-0.2, -0.15) is 0 Å². The Morgan fingerprint density at radius 3 is 1.35 bits per heavy atom. The van der Waals surface area contributed by atoms with Crippen LogP contribution in [0.25, 0.3) is 12.2 Å². The largest absolute Gasteiger partial charge is 0.494 e. The fourth-order valence-electron chi connectivity index (χ4n) is 5.31. The Bertz CT molecular complexity index is 1330. The SMILES string of the molecule is C(=Cc1ccc(OCCCCCC[P+](c2ccccc2)(c2ccccc2)c2ccccc2)cc1)c1ccccc1. The lowest BCUT2D eigenvalue weighted by Crippen LogP contribution is -2.33. The molecule has 5 aromatic carbocycles. The Morgan fingerprint density at radius 1 is 0.425 bits per heavy atom. The minimum absolute atomic E-state index is 0.759. The van der Waals surface area contributed by atoms with Gasteiger partial charge < -0.3 is 4.74 Å². The van der Waals surface area contributed by atoms with E-state index >= 15 is 0 Å². The van der Waals surface area contributed by atoms with Crippen molar-refractivity contribution in [2.24, 2.45) is 0 Å². The van der Waals surface area contributed by atoms with Gasteiger partial charge in [-0.3, -0.25) is 0 Å². The van der Waals surface area contributed by atoms with Gasteiger partial charge in [0.25, 0.3) is 0 Å². The molecule has 0 N–H and O–H groups in total. The standard InChI is InChI=1S/C38H38OP/c1(15-31-39-35-29-27-34(28-30-35)26-25-33-17-7-3-8-18-33)2-16-32-40(36-19-9-4-10-20-36,37-21-11-5-12-22-37)38-23-13-6-14-24-38/h3-14,17-30H,1-2,15-16,31-32H2/q+1. The number of unbranched alkanes of at least 4 members (excludes halogenated alkanes) is 3. The van der Waals surface area contributed by atoms with E-state index < -0.39 is 7.26 Å². The first-order chi connectivity index (χ1) is 19.8. The van der Waals surface area contributed by atoms with Crippen molar-refractivity contribution in [3.05, 3.63) is 157 Å². The summed E-state index contributed by atoms with van der Waals surface area (Å²) >= 11 is 0. The molecule has 1 nitrogen and oxygen atoms in total. The van der Waals surface area contributed by atoms with Crippen LogP contribution in [0.4, 0.5) is 0 Å². The average molecular weight is 542 g/mol. The van der Waals surface area contributed by atoms with Gasteiger partial charge in [-0.05, 0) is 85.3 Å². The molecule has 0 saturated carbocycles. The van der Waals surface area contributed by atoms with Crippen molar-refractivity contribution in [3.63, 3.8) is 0 Å². The molecular formula is C38H38OP+. The molecule has 40 heavy (non-hydrogen) atoms. The van der Waals surface area contributed by atoms with E-state index in [0.717, 1.165) is 18.8 Å². The van der Waals surface area contributed by atoms with Crippen LogP contribution in [0.5, 0.6) is 5.75 Å². The van der Waals surface area contributed by atoms with Crippen LogP contribution in [-0.4, -0.2) is 12.8 Å². The summed E-state index contributed by atoms with van der Waals surface area (Å²) in [5, 5.41) is 4.41. The quantitative estimate of drug-likeness (QED) is 0.0822. The summed E-state index contributed by atoms with van der Waals surface area (Å²) in [6.45, 7) is 0.759. The summed E-state index contributed by atoms with van der Waals surface area (Å²) in [4.78, 5) is 0. The number of rotatable bonds is 13. The molecule has 0 bridgehead atoms. The molecule has 0 amide bonds. The third-order valence-corrected chi connectivity index (χ3v) is 11.9. The third-order valence-electron chi connectivity index (χ3n) is 7.40. The highest BCUT2D eigenvalue weighted by Crippen LogP contribution is 2.56. The first kappa shape index (κ1) is 27.6. The molecule has 0 aliphatic heterocycles. The monoisotopic (exact) mass is 541 g/mol. The zero-order chi connectivity index (χ0) is 27.3. The van der Waals surface area contributed by atoms with Gasteiger partial charge in [0.1, 0.15) is 28.9 Å². The van der Waals surface area contributed by atoms with E-state index in [2.05, 4.69) is 152 Å². The molecule has 0 unspecified atom stereocenters. The fourth-order valence-corrected chi connectivity index (χ4v) is 9.72. The van der Waals surface area contributed by atoms with E-state index in [4.69, 9.17) is 4.74 Å². The molecule has 0 heterocycles. The van der Waals surface area contributed by atoms with Crippen molar-refractivity contribution in [3.8, 4) is 5.75 Å². The molecule has 0 aliphatic carbocycles. The van der Waals surface area contributed by atoms with E-state index in [1.54, 1.807) is 0 Å². The lowest BCUT2D eigenvalue weighted by atomic mass is 10.1. The minimum atomic E-state index is -1.72. The predicted molar refractivity (Wildman–Crippen MR) is 176 cm³/mol. The van der Waals surface area contributed by atoms with Crippen molar-refractivity contribution < 1.29 is 4.74 Å². The van der Waals surface area contributed by atoms with E-state index in [1.807, 2.05) is 6.07 Å². The summed E-state index contributed by atoms with van der Waals surface area (Å²) in [6.07, 6.45) is 10.1. The maximum absolute atomic E-state index is 6.06. The second-order valence-corrected chi connectivity index (χ2v) is 13.7. The lowest BCUT2D eigenvalue weighted by molar-refractivity contribution is 0.305. The highest BCUT2D eigenvalue weighted by atomic mass is 31.2. The molecule has 0 spiro atoms. The summed E-state index contributed by atoms with van der Waals surface area (Å²) in [5.74, 6) is 0.944. The Kier molecular flexibility index (Phi) is 9.98. The predicted octanol–water partition coefficient (Wildman–Crippen LogP) is 8.79. The van der Waals surface area contributed by atoms with E-state index in [9.17, 15) is 0 Å². The van der Waals surface area contributed by atoms with Gasteiger partial charge in [-0.25, -0.2) is 0 Å². The van der Waals surface area contributed by atoms with Gasteiger partial charge >= 0.3 is 0 Å². The van der Waals surface area contributed by atoms with Crippen LogP contribution in [-0.2, 0) is 0 Å². The molecule has 0 radical (unpaired) electrons. The van der Waals surface area contributed by atoms with Gasteiger partial charge in [-0.1, -0.05) is 109 Å². The Morgan fingerprint density at radius 2 is 0.850 bits per heavy atom. The van der Waals surface area contributed by atoms with Gasteiger partial charge in [0.2, 0.25) is 0 Å². The van der Waals surface area contributed by atoms with Crippen LogP contribution in [0, 0.1) is 0 Å². The minimum Gasteiger partial charge on any atom is -0.494 e. The topological polar surface area (TPSA) is 9.23 Å². The normalized spacial score (nSPS) is 11.5. The summed E-state index contributed by atoms with van der Waals surface area (Å²) in [6, 6.07) is 52.3. The van der Waals surface area contributed by atoms with Crippen LogP contribution in [0.3, 0.4) is 0 Å². The van der Waals surface area contributed by atoms with Crippen LogP contribution in [0.2, 0.25) is 0 Å². The molecule has 0 fully saturated rings. The zero-order valence-electron chi connectivity index (χ0n) is 23.1. The number of hydrogen-bond acceptors (Lipinski definition) is 1. The molecule has 5 rings (SSSR count). The van der Waals surface area contributed by atoms with Crippen molar-refractivity contribution in [2.45, 2.75) is 25.7 Å². The maximum atomic E-state index is 6.06.